The van der Waals surface area contributed by atoms with Crippen LogP contribution in [0.5, 0.6) is 0 Å². The summed E-state index contributed by atoms with van der Waals surface area (Å²) in [6.07, 6.45) is 11.0. The summed E-state index contributed by atoms with van der Waals surface area (Å²) in [5.41, 5.74) is 0. The van der Waals surface area contributed by atoms with Gasteiger partial charge in [0, 0.05) is 0 Å². The zero-order valence-corrected chi connectivity index (χ0v) is 14.4. The maximum atomic E-state index is 3.70. The van der Waals surface area contributed by atoms with Crippen molar-refractivity contribution in [2.24, 2.45) is 23.7 Å². The second-order valence-corrected chi connectivity index (χ2v) is 7.78. The number of hydrogen-bond donors (Lipinski definition) is 1. The number of hydrogen-bond acceptors (Lipinski definition) is 2. The molecule has 114 valence electrons. The Morgan fingerprint density at radius 2 is 2.00 bits per heavy atom. The molecular formula is C17H35NS. The van der Waals surface area contributed by atoms with Crippen LogP contribution in [-0.2, 0) is 0 Å². The highest BCUT2D eigenvalue weighted by Crippen LogP contribution is 2.37. The van der Waals surface area contributed by atoms with Crippen LogP contribution in [0.2, 0.25) is 0 Å². The van der Waals surface area contributed by atoms with Crippen molar-refractivity contribution in [2.45, 2.75) is 59.3 Å². The van der Waals surface area contributed by atoms with Gasteiger partial charge in [0.2, 0.25) is 0 Å². The van der Waals surface area contributed by atoms with Crippen molar-refractivity contribution in [3.63, 3.8) is 0 Å². The molecule has 0 amide bonds. The molecule has 1 aliphatic rings. The summed E-state index contributed by atoms with van der Waals surface area (Å²) in [5, 5.41) is 3.70. The van der Waals surface area contributed by atoms with Gasteiger partial charge < -0.3 is 5.32 Å². The van der Waals surface area contributed by atoms with Crippen molar-refractivity contribution in [1.29, 1.82) is 0 Å². The molecule has 0 aromatic heterocycles. The molecule has 2 heteroatoms. The van der Waals surface area contributed by atoms with E-state index in [4.69, 9.17) is 0 Å². The Bertz CT molecular complexity index is 217. The minimum atomic E-state index is 0.780. The molecule has 1 saturated carbocycles. The summed E-state index contributed by atoms with van der Waals surface area (Å²) in [6, 6.07) is 0. The van der Waals surface area contributed by atoms with Crippen molar-refractivity contribution in [3.8, 4) is 0 Å². The van der Waals surface area contributed by atoms with E-state index in [0.29, 0.717) is 0 Å². The Morgan fingerprint density at radius 1 is 1.21 bits per heavy atom. The van der Waals surface area contributed by atoms with Crippen molar-refractivity contribution in [3.05, 3.63) is 0 Å². The Hall–Kier alpha value is 0.310. The second-order valence-electron chi connectivity index (χ2n) is 6.79. The molecule has 0 saturated heterocycles. The van der Waals surface area contributed by atoms with E-state index < -0.39 is 0 Å². The summed E-state index contributed by atoms with van der Waals surface area (Å²) in [5.74, 6) is 5.08. The van der Waals surface area contributed by atoms with Crippen LogP contribution in [-0.4, -0.2) is 25.1 Å². The molecule has 1 aliphatic carbocycles. The summed E-state index contributed by atoms with van der Waals surface area (Å²) >= 11 is 2.00. The van der Waals surface area contributed by atoms with Gasteiger partial charge in [0.15, 0.2) is 0 Å². The first kappa shape index (κ1) is 17.4. The van der Waals surface area contributed by atoms with E-state index in [-0.39, 0.29) is 0 Å². The Balaban J connectivity index is 2.36. The van der Waals surface area contributed by atoms with Crippen LogP contribution in [0, 0.1) is 23.7 Å². The van der Waals surface area contributed by atoms with Crippen molar-refractivity contribution in [1.82, 2.24) is 5.32 Å². The fraction of sp³-hybridized carbons (Fsp3) is 1.00. The summed E-state index contributed by atoms with van der Waals surface area (Å²) in [7, 11) is 0. The molecule has 0 aliphatic heterocycles. The van der Waals surface area contributed by atoms with Crippen molar-refractivity contribution < 1.29 is 0 Å². The lowest BCUT2D eigenvalue weighted by Gasteiger charge is -2.36. The average Bonchev–Trinajstić information content (AvgIpc) is 2.40. The van der Waals surface area contributed by atoms with E-state index in [1.807, 2.05) is 11.8 Å². The molecule has 0 heterocycles. The Kier molecular flexibility index (Phi) is 9.23. The monoisotopic (exact) mass is 285 g/mol. The molecule has 0 bridgehead atoms. The predicted octanol–water partition coefficient (Wildman–Crippen LogP) is 4.82. The molecule has 1 N–H and O–H groups in total. The highest BCUT2D eigenvalue weighted by Gasteiger charge is 2.28. The first-order valence-electron chi connectivity index (χ1n) is 8.37. The van der Waals surface area contributed by atoms with Gasteiger partial charge in [0.25, 0.3) is 0 Å². The van der Waals surface area contributed by atoms with Gasteiger partial charge in [-0.05, 0) is 74.5 Å². The van der Waals surface area contributed by atoms with Crippen LogP contribution in [0.3, 0.4) is 0 Å². The molecule has 0 aromatic carbocycles. The first-order valence-corrected chi connectivity index (χ1v) is 9.76. The zero-order valence-electron chi connectivity index (χ0n) is 13.6. The lowest BCUT2D eigenvalue weighted by molar-refractivity contribution is 0.161. The van der Waals surface area contributed by atoms with Gasteiger partial charge in [-0.25, -0.2) is 0 Å². The maximum Gasteiger partial charge on any atom is -0.00178 e. The smallest absolute Gasteiger partial charge is 0.00178 e. The quantitative estimate of drug-likeness (QED) is 0.610. The van der Waals surface area contributed by atoms with Crippen LogP contribution in [0.1, 0.15) is 59.3 Å². The third-order valence-electron chi connectivity index (χ3n) is 4.71. The predicted molar refractivity (Wildman–Crippen MR) is 89.9 cm³/mol. The average molecular weight is 286 g/mol. The van der Waals surface area contributed by atoms with Crippen molar-refractivity contribution in [2.75, 3.05) is 25.1 Å². The van der Waals surface area contributed by atoms with Gasteiger partial charge in [-0.3, -0.25) is 0 Å². The normalized spacial score (nSPS) is 27.9. The van der Waals surface area contributed by atoms with E-state index >= 15 is 0 Å². The zero-order chi connectivity index (χ0) is 14.1. The topological polar surface area (TPSA) is 12.0 Å². The third-order valence-corrected chi connectivity index (χ3v) is 5.41. The first-order chi connectivity index (χ1) is 9.17. The lowest BCUT2D eigenvalue weighted by atomic mass is 9.71. The highest BCUT2D eigenvalue weighted by atomic mass is 32.2. The van der Waals surface area contributed by atoms with E-state index in [9.17, 15) is 0 Å². The lowest BCUT2D eigenvalue weighted by Crippen LogP contribution is -2.34. The Morgan fingerprint density at radius 3 is 2.63 bits per heavy atom. The van der Waals surface area contributed by atoms with Crippen molar-refractivity contribution >= 4 is 11.8 Å². The van der Waals surface area contributed by atoms with Crippen LogP contribution in [0.15, 0.2) is 0 Å². The molecule has 1 rings (SSSR count). The molecule has 1 nitrogen and oxygen atoms in total. The van der Waals surface area contributed by atoms with Gasteiger partial charge >= 0.3 is 0 Å². The fourth-order valence-corrected chi connectivity index (χ4v) is 3.92. The van der Waals surface area contributed by atoms with Crippen LogP contribution >= 0.6 is 11.8 Å². The summed E-state index contributed by atoms with van der Waals surface area (Å²) < 4.78 is 0. The van der Waals surface area contributed by atoms with Gasteiger partial charge in [-0.2, -0.15) is 11.8 Å². The molecule has 19 heavy (non-hydrogen) atoms. The van der Waals surface area contributed by atoms with Gasteiger partial charge in [0.1, 0.15) is 0 Å². The standard InChI is InChI=1S/C17H35NS/c1-5-15-8-9-17(13-18-12-14(2)3)16(11-15)7-6-10-19-4/h14-18H,5-13H2,1-4H3. The van der Waals surface area contributed by atoms with Crippen LogP contribution in [0.4, 0.5) is 0 Å². The summed E-state index contributed by atoms with van der Waals surface area (Å²) in [4.78, 5) is 0. The minimum Gasteiger partial charge on any atom is -0.316 e. The van der Waals surface area contributed by atoms with Gasteiger partial charge in [-0.15, -0.1) is 0 Å². The molecule has 3 atom stereocenters. The van der Waals surface area contributed by atoms with Crippen LogP contribution in [0.25, 0.3) is 0 Å². The number of nitrogens with one attached hydrogen (secondary N) is 1. The van der Waals surface area contributed by atoms with Gasteiger partial charge in [-0.1, -0.05) is 33.6 Å². The van der Waals surface area contributed by atoms with E-state index in [0.717, 1.165) is 23.7 Å². The third kappa shape index (κ3) is 7.04. The summed E-state index contributed by atoms with van der Waals surface area (Å²) in [6.45, 7) is 9.43. The number of thioether (sulfide) groups is 1. The maximum absolute atomic E-state index is 3.70. The van der Waals surface area contributed by atoms with E-state index in [2.05, 4.69) is 32.3 Å². The van der Waals surface area contributed by atoms with E-state index in [1.54, 1.807) is 0 Å². The van der Waals surface area contributed by atoms with Crippen LogP contribution < -0.4 is 5.32 Å². The molecule has 0 spiro atoms. The minimum absolute atomic E-state index is 0.780. The fourth-order valence-electron chi connectivity index (χ4n) is 3.46. The largest absolute Gasteiger partial charge is 0.316 e. The molecule has 3 unspecified atom stereocenters. The second kappa shape index (κ2) is 10.1. The van der Waals surface area contributed by atoms with E-state index in [1.165, 1.54) is 57.4 Å². The molecule has 0 radical (unpaired) electrons. The van der Waals surface area contributed by atoms with Gasteiger partial charge in [0.05, 0.1) is 0 Å². The molecule has 1 fully saturated rings. The highest BCUT2D eigenvalue weighted by molar-refractivity contribution is 7.98. The molecular weight excluding hydrogens is 250 g/mol. The molecule has 0 aromatic rings. The Labute approximate surface area is 125 Å². The SMILES string of the molecule is CCC1CCC(CNCC(C)C)C(CCCSC)C1. The number of rotatable bonds is 9.